The van der Waals surface area contributed by atoms with Crippen molar-refractivity contribution in [3.8, 4) is 5.69 Å². The van der Waals surface area contributed by atoms with Crippen molar-refractivity contribution in [2.24, 2.45) is 11.7 Å². The van der Waals surface area contributed by atoms with Crippen molar-refractivity contribution in [3.05, 3.63) is 70.3 Å². The van der Waals surface area contributed by atoms with E-state index < -0.39 is 23.2 Å². The highest BCUT2D eigenvalue weighted by atomic mass is 19.1. The van der Waals surface area contributed by atoms with Crippen LogP contribution >= 0.6 is 0 Å². The Labute approximate surface area is 136 Å². The molecule has 3 aromatic rings. The fourth-order valence-electron chi connectivity index (χ4n) is 2.93. The average molecular weight is 327 g/mol. The normalized spacial score (nSPS) is 15.6. The van der Waals surface area contributed by atoms with Gasteiger partial charge in [-0.1, -0.05) is 6.07 Å². The SMILES string of the molecule is N[C@H](c1nc2ccc(F)cc2c(=O)n1-c1cccc(F)c1)C1CC1. The molecule has 1 saturated carbocycles. The molecule has 122 valence electrons. The first-order valence-corrected chi connectivity index (χ1v) is 7.78. The Kier molecular flexibility index (Phi) is 3.42. The smallest absolute Gasteiger partial charge is 0.266 e. The van der Waals surface area contributed by atoms with Gasteiger partial charge in [-0.3, -0.25) is 9.36 Å². The Morgan fingerprint density at radius 1 is 1.12 bits per heavy atom. The van der Waals surface area contributed by atoms with Crippen LogP contribution in [0, 0.1) is 17.6 Å². The van der Waals surface area contributed by atoms with Gasteiger partial charge in [0.15, 0.2) is 0 Å². The molecule has 1 aliphatic rings. The van der Waals surface area contributed by atoms with Crippen molar-refractivity contribution in [3.63, 3.8) is 0 Å². The zero-order valence-corrected chi connectivity index (χ0v) is 12.7. The van der Waals surface area contributed by atoms with Crippen molar-refractivity contribution in [1.29, 1.82) is 0 Å². The Morgan fingerprint density at radius 3 is 2.58 bits per heavy atom. The predicted octanol–water partition coefficient (Wildman–Crippen LogP) is 3.07. The third kappa shape index (κ3) is 2.49. The largest absolute Gasteiger partial charge is 0.321 e. The summed E-state index contributed by atoms with van der Waals surface area (Å²) in [5, 5.41) is 0.144. The van der Waals surface area contributed by atoms with Gasteiger partial charge < -0.3 is 5.73 Å². The molecular weight excluding hydrogens is 312 g/mol. The molecule has 0 spiro atoms. The maximum Gasteiger partial charge on any atom is 0.266 e. The van der Waals surface area contributed by atoms with E-state index in [-0.39, 0.29) is 11.3 Å². The fraction of sp³-hybridized carbons (Fsp3) is 0.222. The summed E-state index contributed by atoms with van der Waals surface area (Å²) in [7, 11) is 0. The van der Waals surface area contributed by atoms with Crippen LogP contribution in [0.1, 0.15) is 24.7 Å². The maximum atomic E-state index is 13.6. The van der Waals surface area contributed by atoms with E-state index in [1.807, 2.05) is 0 Å². The number of fused-ring (bicyclic) bond motifs is 1. The molecule has 2 aromatic carbocycles. The van der Waals surface area contributed by atoms with Crippen LogP contribution in [0.25, 0.3) is 16.6 Å². The number of nitrogens with zero attached hydrogens (tertiary/aromatic N) is 2. The van der Waals surface area contributed by atoms with Gasteiger partial charge in [-0.15, -0.1) is 0 Å². The molecule has 1 aromatic heterocycles. The van der Waals surface area contributed by atoms with Gasteiger partial charge in [0.25, 0.3) is 5.56 Å². The monoisotopic (exact) mass is 327 g/mol. The van der Waals surface area contributed by atoms with Gasteiger partial charge in [0.1, 0.15) is 17.5 Å². The second-order valence-electron chi connectivity index (χ2n) is 6.12. The molecule has 0 bridgehead atoms. The summed E-state index contributed by atoms with van der Waals surface area (Å²) in [6, 6.07) is 9.11. The third-order valence-corrected chi connectivity index (χ3v) is 4.35. The van der Waals surface area contributed by atoms with E-state index in [2.05, 4.69) is 4.98 Å². The van der Waals surface area contributed by atoms with Crippen LogP contribution in [0.4, 0.5) is 8.78 Å². The highest BCUT2D eigenvalue weighted by Crippen LogP contribution is 2.39. The van der Waals surface area contributed by atoms with Crippen molar-refractivity contribution < 1.29 is 8.78 Å². The van der Waals surface area contributed by atoms with Gasteiger partial charge in [-0.05, 0) is 55.2 Å². The summed E-state index contributed by atoms with van der Waals surface area (Å²) >= 11 is 0. The van der Waals surface area contributed by atoms with Crippen molar-refractivity contribution >= 4 is 10.9 Å². The second-order valence-corrected chi connectivity index (χ2v) is 6.12. The molecule has 6 heteroatoms. The Balaban J connectivity index is 2.05. The third-order valence-electron chi connectivity index (χ3n) is 4.35. The highest BCUT2D eigenvalue weighted by molar-refractivity contribution is 5.78. The Hall–Kier alpha value is -2.60. The lowest BCUT2D eigenvalue weighted by atomic mass is 10.1. The summed E-state index contributed by atoms with van der Waals surface area (Å²) in [6.45, 7) is 0. The van der Waals surface area contributed by atoms with Gasteiger partial charge in [0, 0.05) is 0 Å². The number of benzene rings is 2. The fourth-order valence-corrected chi connectivity index (χ4v) is 2.93. The van der Waals surface area contributed by atoms with Gasteiger partial charge in [-0.2, -0.15) is 0 Å². The van der Waals surface area contributed by atoms with E-state index >= 15 is 0 Å². The maximum absolute atomic E-state index is 13.6. The molecule has 24 heavy (non-hydrogen) atoms. The van der Waals surface area contributed by atoms with E-state index in [1.54, 1.807) is 6.07 Å². The molecule has 4 rings (SSSR count). The molecule has 0 amide bonds. The molecule has 0 unspecified atom stereocenters. The van der Waals surface area contributed by atoms with E-state index in [9.17, 15) is 13.6 Å². The lowest BCUT2D eigenvalue weighted by Gasteiger charge is -2.18. The van der Waals surface area contributed by atoms with Crippen LogP contribution in [0.3, 0.4) is 0 Å². The molecular formula is C18H15F2N3O. The number of aromatic nitrogens is 2. The number of rotatable bonds is 3. The molecule has 4 nitrogen and oxygen atoms in total. The standard InChI is InChI=1S/C18H15F2N3O/c19-11-2-1-3-13(8-11)23-17(16(21)10-4-5-10)22-15-7-6-12(20)9-14(15)18(23)24/h1-3,6-10,16H,4-5,21H2/t16-/m0/s1. The van der Waals surface area contributed by atoms with Gasteiger partial charge >= 0.3 is 0 Å². The molecule has 0 radical (unpaired) electrons. The van der Waals surface area contributed by atoms with Crippen LogP contribution in [-0.4, -0.2) is 9.55 Å². The zero-order chi connectivity index (χ0) is 16.8. The number of hydrogen-bond donors (Lipinski definition) is 1. The summed E-state index contributed by atoms with van der Waals surface area (Å²) in [5.41, 5.74) is 6.56. The number of nitrogens with two attached hydrogens (primary N) is 1. The van der Waals surface area contributed by atoms with Crippen LogP contribution in [-0.2, 0) is 0 Å². The average Bonchev–Trinajstić information content (AvgIpc) is 3.39. The minimum atomic E-state index is -0.522. The summed E-state index contributed by atoms with van der Waals surface area (Å²) in [5.74, 6) is -0.349. The number of halogens is 2. The second kappa shape index (κ2) is 5.49. The van der Waals surface area contributed by atoms with Crippen molar-refractivity contribution in [2.75, 3.05) is 0 Å². The van der Waals surface area contributed by atoms with Crippen LogP contribution < -0.4 is 11.3 Å². The minimum absolute atomic E-state index is 0.144. The molecule has 0 aliphatic heterocycles. The first kappa shape index (κ1) is 15.0. The first-order chi connectivity index (χ1) is 11.5. The van der Waals surface area contributed by atoms with Crippen molar-refractivity contribution in [1.82, 2.24) is 9.55 Å². The Morgan fingerprint density at radius 2 is 1.88 bits per heavy atom. The summed E-state index contributed by atoms with van der Waals surface area (Å²) in [6.07, 6.45) is 1.95. The molecule has 1 atom stereocenters. The van der Waals surface area contributed by atoms with E-state index in [4.69, 9.17) is 5.73 Å². The van der Waals surface area contributed by atoms with Gasteiger partial charge in [-0.25, -0.2) is 13.8 Å². The summed E-state index contributed by atoms with van der Waals surface area (Å²) < 4.78 is 28.5. The highest BCUT2D eigenvalue weighted by Gasteiger charge is 2.33. The minimum Gasteiger partial charge on any atom is -0.321 e. The van der Waals surface area contributed by atoms with Gasteiger partial charge in [0.2, 0.25) is 0 Å². The topological polar surface area (TPSA) is 60.9 Å². The first-order valence-electron chi connectivity index (χ1n) is 7.78. The van der Waals surface area contributed by atoms with Gasteiger partial charge in [0.05, 0.1) is 22.6 Å². The molecule has 1 aliphatic carbocycles. The zero-order valence-electron chi connectivity index (χ0n) is 12.7. The van der Waals surface area contributed by atoms with Crippen LogP contribution in [0.2, 0.25) is 0 Å². The Bertz CT molecular complexity index is 995. The lowest BCUT2D eigenvalue weighted by molar-refractivity contribution is 0.571. The quantitative estimate of drug-likeness (QED) is 0.804. The van der Waals surface area contributed by atoms with Crippen molar-refractivity contribution in [2.45, 2.75) is 18.9 Å². The molecule has 1 fully saturated rings. The number of hydrogen-bond acceptors (Lipinski definition) is 3. The van der Waals surface area contributed by atoms with Crippen LogP contribution in [0.15, 0.2) is 47.3 Å². The van der Waals surface area contributed by atoms with E-state index in [1.165, 1.54) is 34.9 Å². The van der Waals surface area contributed by atoms with Crippen LogP contribution in [0.5, 0.6) is 0 Å². The molecule has 1 heterocycles. The summed E-state index contributed by atoms with van der Waals surface area (Å²) in [4.78, 5) is 17.4. The van der Waals surface area contributed by atoms with E-state index in [0.29, 0.717) is 17.0 Å². The lowest BCUT2D eigenvalue weighted by Crippen LogP contribution is -2.29. The molecule has 0 saturated heterocycles. The predicted molar refractivity (Wildman–Crippen MR) is 86.9 cm³/mol. The molecule has 2 N–H and O–H groups in total. The van der Waals surface area contributed by atoms with E-state index in [0.717, 1.165) is 18.9 Å².